The van der Waals surface area contributed by atoms with E-state index < -0.39 is 0 Å². The summed E-state index contributed by atoms with van der Waals surface area (Å²) in [5.41, 5.74) is 0. The molecule has 3 heterocycles. The molecule has 0 aliphatic carbocycles. The lowest BCUT2D eigenvalue weighted by Gasteiger charge is -2.47. The van der Waals surface area contributed by atoms with Gasteiger partial charge in [0.15, 0.2) is 0 Å². The Morgan fingerprint density at radius 3 is 2.32 bits per heavy atom. The molecule has 3 aliphatic rings. The molecular formula is C18H33N3O. The number of nitrogens with zero attached hydrogens (tertiary/aromatic N) is 2. The molecule has 3 rings (SSSR count). The van der Waals surface area contributed by atoms with Crippen molar-refractivity contribution in [2.24, 2.45) is 5.92 Å². The van der Waals surface area contributed by atoms with E-state index in [2.05, 4.69) is 29.1 Å². The van der Waals surface area contributed by atoms with Crippen molar-refractivity contribution >= 4 is 5.91 Å². The van der Waals surface area contributed by atoms with Crippen molar-refractivity contribution in [2.75, 3.05) is 26.7 Å². The average molecular weight is 307 g/mol. The Morgan fingerprint density at radius 1 is 1.09 bits per heavy atom. The van der Waals surface area contributed by atoms with E-state index in [0.29, 0.717) is 24.0 Å². The molecule has 2 bridgehead atoms. The minimum Gasteiger partial charge on any atom is -0.353 e. The highest BCUT2D eigenvalue weighted by atomic mass is 16.1. The van der Waals surface area contributed by atoms with Crippen molar-refractivity contribution < 1.29 is 4.79 Å². The van der Waals surface area contributed by atoms with Crippen LogP contribution in [0, 0.1) is 5.92 Å². The zero-order valence-corrected chi connectivity index (χ0v) is 14.4. The lowest BCUT2D eigenvalue weighted by molar-refractivity contribution is -0.128. The van der Waals surface area contributed by atoms with Crippen LogP contribution in [0.4, 0.5) is 0 Å². The lowest BCUT2D eigenvalue weighted by atomic mass is 9.82. The van der Waals surface area contributed by atoms with Gasteiger partial charge in [0.2, 0.25) is 5.91 Å². The topological polar surface area (TPSA) is 35.6 Å². The van der Waals surface area contributed by atoms with Gasteiger partial charge in [0.05, 0.1) is 0 Å². The van der Waals surface area contributed by atoms with Gasteiger partial charge in [0.25, 0.3) is 0 Å². The second kappa shape index (κ2) is 7.31. The molecule has 0 spiro atoms. The summed E-state index contributed by atoms with van der Waals surface area (Å²) in [6, 6.07) is 1.82. The van der Waals surface area contributed by atoms with Crippen LogP contribution in [-0.4, -0.2) is 60.5 Å². The molecule has 0 aromatic rings. The van der Waals surface area contributed by atoms with Crippen LogP contribution in [0.1, 0.15) is 58.3 Å². The van der Waals surface area contributed by atoms with Crippen LogP contribution in [-0.2, 0) is 4.79 Å². The van der Waals surface area contributed by atoms with Crippen LogP contribution in [0.2, 0.25) is 0 Å². The van der Waals surface area contributed by atoms with E-state index >= 15 is 0 Å². The Hall–Kier alpha value is -0.610. The number of rotatable bonds is 4. The summed E-state index contributed by atoms with van der Waals surface area (Å²) in [6.07, 6.45) is 9.63. The Morgan fingerprint density at radius 2 is 1.73 bits per heavy atom. The summed E-state index contributed by atoms with van der Waals surface area (Å²) in [4.78, 5) is 17.7. The van der Waals surface area contributed by atoms with Crippen LogP contribution >= 0.6 is 0 Å². The van der Waals surface area contributed by atoms with Crippen LogP contribution in [0.5, 0.6) is 0 Å². The molecule has 126 valence electrons. The van der Waals surface area contributed by atoms with Crippen molar-refractivity contribution in [1.29, 1.82) is 0 Å². The second-order valence-electron chi connectivity index (χ2n) is 7.70. The summed E-state index contributed by atoms with van der Waals surface area (Å²) < 4.78 is 0. The number of piperidine rings is 3. The third-order valence-electron chi connectivity index (χ3n) is 6.18. The van der Waals surface area contributed by atoms with Gasteiger partial charge in [-0.1, -0.05) is 13.3 Å². The largest absolute Gasteiger partial charge is 0.353 e. The molecular weight excluding hydrogens is 274 g/mol. The number of carbonyl (C=O) groups excluding carboxylic acids is 1. The SMILES string of the molecule is CCCN1CCC(C(=O)NC2CC3CCCC(C2)N3C)CC1. The van der Waals surface area contributed by atoms with E-state index in [-0.39, 0.29) is 5.92 Å². The second-order valence-corrected chi connectivity index (χ2v) is 7.70. The van der Waals surface area contributed by atoms with Crippen molar-refractivity contribution in [1.82, 2.24) is 15.1 Å². The molecule has 3 aliphatic heterocycles. The van der Waals surface area contributed by atoms with Crippen molar-refractivity contribution in [3.63, 3.8) is 0 Å². The average Bonchev–Trinajstić information content (AvgIpc) is 2.49. The van der Waals surface area contributed by atoms with E-state index in [4.69, 9.17) is 0 Å². The summed E-state index contributed by atoms with van der Waals surface area (Å²) >= 11 is 0. The molecule has 1 N–H and O–H groups in total. The number of carbonyl (C=O) groups is 1. The zero-order chi connectivity index (χ0) is 15.5. The Labute approximate surface area is 135 Å². The fourth-order valence-corrected chi connectivity index (χ4v) is 4.79. The van der Waals surface area contributed by atoms with Gasteiger partial charge in [-0.2, -0.15) is 0 Å². The normalized spacial score (nSPS) is 34.5. The fraction of sp³-hybridized carbons (Fsp3) is 0.944. The maximum absolute atomic E-state index is 12.6. The van der Waals surface area contributed by atoms with E-state index in [9.17, 15) is 4.79 Å². The number of hydrogen-bond donors (Lipinski definition) is 1. The molecule has 2 atom stereocenters. The molecule has 4 heteroatoms. The van der Waals surface area contributed by atoms with Gasteiger partial charge < -0.3 is 15.1 Å². The molecule has 0 saturated carbocycles. The monoisotopic (exact) mass is 307 g/mol. The number of nitrogens with one attached hydrogen (secondary N) is 1. The summed E-state index contributed by atoms with van der Waals surface area (Å²) in [5, 5.41) is 3.40. The van der Waals surface area contributed by atoms with Crippen molar-refractivity contribution in [3.05, 3.63) is 0 Å². The predicted octanol–water partition coefficient (Wildman–Crippen LogP) is 2.24. The Bertz CT molecular complexity index is 365. The number of hydrogen-bond acceptors (Lipinski definition) is 3. The summed E-state index contributed by atoms with van der Waals surface area (Å²) in [6.45, 7) is 5.62. The van der Waals surface area contributed by atoms with Crippen molar-refractivity contribution in [3.8, 4) is 0 Å². The van der Waals surface area contributed by atoms with Crippen LogP contribution in [0.25, 0.3) is 0 Å². The maximum atomic E-state index is 12.6. The molecule has 0 aromatic heterocycles. The van der Waals surface area contributed by atoms with Gasteiger partial charge >= 0.3 is 0 Å². The first kappa shape index (κ1) is 16.3. The first-order valence-corrected chi connectivity index (χ1v) is 9.42. The van der Waals surface area contributed by atoms with Crippen molar-refractivity contribution in [2.45, 2.75) is 76.4 Å². The molecule has 22 heavy (non-hydrogen) atoms. The Kier molecular flexibility index (Phi) is 5.40. The molecule has 3 fully saturated rings. The van der Waals surface area contributed by atoms with Crippen LogP contribution < -0.4 is 5.32 Å². The van der Waals surface area contributed by atoms with E-state index in [1.165, 1.54) is 32.2 Å². The van der Waals surface area contributed by atoms with E-state index in [1.54, 1.807) is 0 Å². The quantitative estimate of drug-likeness (QED) is 0.865. The lowest BCUT2D eigenvalue weighted by Crippen LogP contribution is -2.56. The number of likely N-dealkylation sites (tertiary alicyclic amines) is 1. The third kappa shape index (κ3) is 3.65. The number of fused-ring (bicyclic) bond motifs is 2. The summed E-state index contributed by atoms with van der Waals surface area (Å²) in [5.74, 6) is 0.594. The standard InChI is InChI=1S/C18H33N3O/c1-3-9-21-10-7-14(8-11-21)18(22)19-15-12-16-5-4-6-17(13-15)20(16)2/h14-17H,3-13H2,1-2H3,(H,19,22). The third-order valence-corrected chi connectivity index (χ3v) is 6.18. The minimum atomic E-state index is 0.257. The summed E-state index contributed by atoms with van der Waals surface area (Å²) in [7, 11) is 2.27. The van der Waals surface area contributed by atoms with Crippen LogP contribution in [0.15, 0.2) is 0 Å². The molecule has 4 nitrogen and oxygen atoms in total. The van der Waals surface area contributed by atoms with Gasteiger partial charge in [0.1, 0.15) is 0 Å². The van der Waals surface area contributed by atoms with E-state index in [1.807, 2.05) is 0 Å². The fourth-order valence-electron chi connectivity index (χ4n) is 4.79. The Balaban J connectivity index is 1.46. The van der Waals surface area contributed by atoms with E-state index in [0.717, 1.165) is 38.8 Å². The van der Waals surface area contributed by atoms with Crippen LogP contribution in [0.3, 0.4) is 0 Å². The predicted molar refractivity (Wildman–Crippen MR) is 89.8 cm³/mol. The molecule has 0 aromatic carbocycles. The first-order valence-electron chi connectivity index (χ1n) is 9.42. The highest BCUT2D eigenvalue weighted by molar-refractivity contribution is 5.79. The highest BCUT2D eigenvalue weighted by Crippen LogP contribution is 2.32. The van der Waals surface area contributed by atoms with Gasteiger partial charge in [-0.05, 0) is 71.6 Å². The first-order chi connectivity index (χ1) is 10.7. The smallest absolute Gasteiger partial charge is 0.223 e. The molecule has 1 amide bonds. The highest BCUT2D eigenvalue weighted by Gasteiger charge is 2.37. The van der Waals surface area contributed by atoms with Gasteiger partial charge in [0, 0.05) is 24.0 Å². The molecule has 0 radical (unpaired) electrons. The molecule has 3 saturated heterocycles. The minimum absolute atomic E-state index is 0.257. The zero-order valence-electron chi connectivity index (χ0n) is 14.4. The van der Waals surface area contributed by atoms with Gasteiger partial charge in [-0.15, -0.1) is 0 Å². The number of amides is 1. The maximum Gasteiger partial charge on any atom is 0.223 e. The van der Waals surface area contributed by atoms with Gasteiger partial charge in [-0.3, -0.25) is 4.79 Å². The van der Waals surface area contributed by atoms with Gasteiger partial charge in [-0.25, -0.2) is 0 Å². The molecule has 2 unspecified atom stereocenters.